The first-order valence-electron chi connectivity index (χ1n) is 11.5. The molecule has 180 valence electrons. The van der Waals surface area contributed by atoms with Crippen LogP contribution in [0.1, 0.15) is 44.2 Å². The Morgan fingerprint density at radius 2 is 1.53 bits per heavy atom. The summed E-state index contributed by atoms with van der Waals surface area (Å²) in [5.74, 6) is -1.11. The molecule has 2 aromatic rings. The number of piperazine rings is 1. The van der Waals surface area contributed by atoms with Gasteiger partial charge in [-0.05, 0) is 43.0 Å². The fraction of sp³-hybridized carbons (Fsp3) is 0.423. The van der Waals surface area contributed by atoms with Gasteiger partial charge >= 0.3 is 18.2 Å². The molecule has 0 aromatic heterocycles. The zero-order valence-electron chi connectivity index (χ0n) is 19.7. The third-order valence-electron chi connectivity index (χ3n) is 6.12. The molecule has 2 aliphatic rings. The number of carboxylic acid groups (broad SMARTS) is 1. The average Bonchev–Trinajstić information content (AvgIpc) is 3.09. The van der Waals surface area contributed by atoms with E-state index < -0.39 is 29.8 Å². The zero-order valence-corrected chi connectivity index (χ0v) is 19.7. The molecule has 1 N–H and O–H groups in total. The van der Waals surface area contributed by atoms with Gasteiger partial charge in [0.2, 0.25) is 0 Å². The van der Waals surface area contributed by atoms with Gasteiger partial charge in [-0.25, -0.2) is 9.59 Å². The van der Waals surface area contributed by atoms with Crippen molar-refractivity contribution in [2.75, 3.05) is 26.2 Å². The van der Waals surface area contributed by atoms with Crippen LogP contribution in [-0.2, 0) is 14.3 Å². The molecule has 1 aliphatic heterocycles. The second-order valence-electron chi connectivity index (χ2n) is 9.68. The van der Waals surface area contributed by atoms with E-state index in [9.17, 15) is 19.5 Å². The molecule has 0 bridgehead atoms. The van der Waals surface area contributed by atoms with Crippen LogP contribution in [0, 0.1) is 0 Å². The number of benzene rings is 2. The number of ether oxygens (including phenoxy) is 2. The molecule has 1 aliphatic carbocycles. The Bertz CT molecular complexity index is 1050. The number of fused-ring (bicyclic) bond motifs is 3. The third-order valence-corrected chi connectivity index (χ3v) is 6.12. The van der Waals surface area contributed by atoms with Crippen molar-refractivity contribution in [3.63, 3.8) is 0 Å². The van der Waals surface area contributed by atoms with E-state index in [2.05, 4.69) is 24.3 Å². The average molecular weight is 467 g/mol. The molecule has 4 rings (SSSR count). The van der Waals surface area contributed by atoms with Gasteiger partial charge in [-0.1, -0.05) is 48.5 Å². The van der Waals surface area contributed by atoms with Crippen LogP contribution in [0.4, 0.5) is 9.59 Å². The normalized spacial score (nSPS) is 17.7. The van der Waals surface area contributed by atoms with Gasteiger partial charge in [-0.3, -0.25) is 4.79 Å². The van der Waals surface area contributed by atoms with Crippen molar-refractivity contribution in [1.82, 2.24) is 9.80 Å². The third kappa shape index (κ3) is 5.00. The Hall–Kier alpha value is -3.55. The molecule has 0 saturated carbocycles. The summed E-state index contributed by atoms with van der Waals surface area (Å²) in [7, 11) is 0. The first-order chi connectivity index (χ1) is 16.1. The lowest BCUT2D eigenvalue weighted by atomic mass is 9.98. The monoisotopic (exact) mass is 466 g/mol. The van der Waals surface area contributed by atoms with Gasteiger partial charge in [-0.15, -0.1) is 0 Å². The number of hydrogen-bond donors (Lipinski definition) is 1. The van der Waals surface area contributed by atoms with E-state index in [0.29, 0.717) is 0 Å². The van der Waals surface area contributed by atoms with E-state index in [1.807, 2.05) is 24.3 Å². The van der Waals surface area contributed by atoms with Crippen molar-refractivity contribution in [2.24, 2.45) is 0 Å². The second-order valence-corrected chi connectivity index (χ2v) is 9.68. The van der Waals surface area contributed by atoms with Crippen LogP contribution in [0.15, 0.2) is 48.5 Å². The summed E-state index contributed by atoms with van der Waals surface area (Å²) in [5, 5.41) is 9.34. The van der Waals surface area contributed by atoms with Crippen molar-refractivity contribution in [3.8, 4) is 11.1 Å². The van der Waals surface area contributed by atoms with E-state index >= 15 is 0 Å². The Morgan fingerprint density at radius 1 is 0.941 bits per heavy atom. The Morgan fingerprint density at radius 3 is 2.09 bits per heavy atom. The molecule has 2 aromatic carbocycles. The fourth-order valence-corrected chi connectivity index (χ4v) is 4.64. The number of carbonyl (C=O) groups excluding carboxylic acids is 2. The number of carbonyl (C=O) groups is 3. The second kappa shape index (κ2) is 9.37. The molecule has 2 amide bonds. The van der Waals surface area contributed by atoms with E-state index in [0.717, 1.165) is 22.3 Å². The molecular weight excluding hydrogens is 436 g/mol. The predicted molar refractivity (Wildman–Crippen MR) is 126 cm³/mol. The van der Waals surface area contributed by atoms with Gasteiger partial charge < -0.3 is 24.4 Å². The lowest BCUT2D eigenvalue weighted by Gasteiger charge is -2.40. The first-order valence-corrected chi connectivity index (χ1v) is 11.5. The highest BCUT2D eigenvalue weighted by atomic mass is 16.6. The molecule has 1 fully saturated rings. The maximum Gasteiger partial charge on any atom is 0.410 e. The Balaban J connectivity index is 1.43. The van der Waals surface area contributed by atoms with Crippen molar-refractivity contribution < 1.29 is 29.0 Å². The molecular formula is C26H30N2O6. The Labute approximate surface area is 199 Å². The van der Waals surface area contributed by atoms with Crippen LogP contribution in [0.2, 0.25) is 0 Å². The largest absolute Gasteiger partial charge is 0.481 e. The highest BCUT2D eigenvalue weighted by molar-refractivity contribution is 5.79. The Kier molecular flexibility index (Phi) is 6.50. The molecule has 1 saturated heterocycles. The molecule has 0 spiro atoms. The van der Waals surface area contributed by atoms with Crippen LogP contribution in [-0.4, -0.2) is 70.9 Å². The summed E-state index contributed by atoms with van der Waals surface area (Å²) in [6, 6.07) is 15.5. The standard InChI is InChI=1S/C26H30N2O6/c1-26(2,3)34-25(32)28-13-12-27(15-17(28)14-23(29)30)24(31)33-16-22-20-10-6-4-8-18(20)19-9-5-7-11-21(19)22/h4-11,17,22H,12-16H2,1-3H3,(H,29,30)/t17-/m1/s1. The van der Waals surface area contributed by atoms with Crippen LogP contribution >= 0.6 is 0 Å². The lowest BCUT2D eigenvalue weighted by Crippen LogP contribution is -2.58. The SMILES string of the molecule is CC(C)(C)OC(=O)N1CCN(C(=O)OCC2c3ccccc3-c3ccccc32)C[C@H]1CC(=O)O. The van der Waals surface area contributed by atoms with E-state index in [1.54, 1.807) is 20.8 Å². The van der Waals surface area contributed by atoms with E-state index in [4.69, 9.17) is 9.47 Å². The summed E-state index contributed by atoms with van der Waals surface area (Å²) in [6.07, 6.45) is -1.38. The number of aliphatic carboxylic acids is 1. The van der Waals surface area contributed by atoms with Gasteiger partial charge in [0.1, 0.15) is 12.2 Å². The van der Waals surface area contributed by atoms with Crippen LogP contribution < -0.4 is 0 Å². The minimum Gasteiger partial charge on any atom is -0.481 e. The van der Waals surface area contributed by atoms with Crippen LogP contribution in [0.5, 0.6) is 0 Å². The minimum atomic E-state index is -1.05. The minimum absolute atomic E-state index is 0.0609. The van der Waals surface area contributed by atoms with E-state index in [-0.39, 0.29) is 38.6 Å². The zero-order chi connectivity index (χ0) is 24.5. The summed E-state index contributed by atoms with van der Waals surface area (Å²) in [4.78, 5) is 39.8. The molecule has 0 unspecified atom stereocenters. The highest BCUT2D eigenvalue weighted by Gasteiger charge is 2.37. The number of carboxylic acids is 1. The summed E-state index contributed by atoms with van der Waals surface area (Å²) >= 11 is 0. The summed E-state index contributed by atoms with van der Waals surface area (Å²) < 4.78 is 11.1. The lowest BCUT2D eigenvalue weighted by molar-refractivity contribution is -0.138. The maximum atomic E-state index is 12.9. The van der Waals surface area contributed by atoms with Gasteiger partial charge in [0.05, 0.1) is 12.5 Å². The maximum absolute atomic E-state index is 12.9. The number of rotatable bonds is 4. The van der Waals surface area contributed by atoms with Gasteiger partial charge in [-0.2, -0.15) is 0 Å². The molecule has 1 heterocycles. The van der Waals surface area contributed by atoms with Crippen LogP contribution in [0.25, 0.3) is 11.1 Å². The quantitative estimate of drug-likeness (QED) is 0.720. The van der Waals surface area contributed by atoms with Gasteiger partial charge in [0.25, 0.3) is 0 Å². The van der Waals surface area contributed by atoms with Crippen molar-refractivity contribution in [2.45, 2.75) is 44.8 Å². The molecule has 34 heavy (non-hydrogen) atoms. The van der Waals surface area contributed by atoms with Gasteiger partial charge in [0.15, 0.2) is 0 Å². The first kappa shape index (κ1) is 23.6. The summed E-state index contributed by atoms with van der Waals surface area (Å²) in [6.45, 7) is 5.94. The van der Waals surface area contributed by atoms with Crippen molar-refractivity contribution in [3.05, 3.63) is 59.7 Å². The molecule has 1 atom stereocenters. The van der Waals surface area contributed by atoms with E-state index in [1.165, 1.54) is 9.80 Å². The van der Waals surface area contributed by atoms with Gasteiger partial charge in [0, 0.05) is 25.6 Å². The topological polar surface area (TPSA) is 96.4 Å². The molecule has 0 radical (unpaired) electrons. The highest BCUT2D eigenvalue weighted by Crippen LogP contribution is 2.44. The molecule has 8 nitrogen and oxygen atoms in total. The fourth-order valence-electron chi connectivity index (χ4n) is 4.64. The number of hydrogen-bond acceptors (Lipinski definition) is 5. The molecule has 8 heteroatoms. The number of nitrogens with zero attached hydrogens (tertiary/aromatic N) is 2. The van der Waals surface area contributed by atoms with Crippen LogP contribution in [0.3, 0.4) is 0 Å². The summed E-state index contributed by atoms with van der Waals surface area (Å²) in [5.41, 5.74) is 3.83. The smallest absolute Gasteiger partial charge is 0.410 e. The predicted octanol–water partition coefficient (Wildman–Crippen LogP) is 4.33. The van der Waals surface area contributed by atoms with Crippen molar-refractivity contribution in [1.29, 1.82) is 0 Å². The number of amides is 2. The van der Waals surface area contributed by atoms with Crippen molar-refractivity contribution >= 4 is 18.2 Å².